The van der Waals surface area contributed by atoms with Crippen molar-refractivity contribution in [3.8, 4) is 0 Å². The highest BCUT2D eigenvalue weighted by molar-refractivity contribution is 5.81. The molecule has 1 aromatic heterocycles. The molecule has 4 N–H and O–H groups in total. The van der Waals surface area contributed by atoms with E-state index in [-0.39, 0.29) is 11.9 Å². The van der Waals surface area contributed by atoms with E-state index in [1.807, 2.05) is 0 Å². The quantitative estimate of drug-likeness (QED) is 0.525. The van der Waals surface area contributed by atoms with Gasteiger partial charge in [-0.2, -0.15) is 0 Å². The summed E-state index contributed by atoms with van der Waals surface area (Å²) in [4.78, 5) is 14.3. The lowest BCUT2D eigenvalue weighted by atomic mass is 10.1. The van der Waals surface area contributed by atoms with Gasteiger partial charge in [-0.3, -0.25) is 4.79 Å². The Labute approximate surface area is 76.3 Å². The van der Waals surface area contributed by atoms with Crippen molar-refractivity contribution in [2.45, 2.75) is 6.04 Å². The molecule has 0 spiro atoms. The summed E-state index contributed by atoms with van der Waals surface area (Å²) in [6.45, 7) is 3.54. The second-order valence-electron chi connectivity index (χ2n) is 2.62. The van der Waals surface area contributed by atoms with E-state index in [0.29, 0.717) is 11.8 Å². The van der Waals surface area contributed by atoms with Gasteiger partial charge < -0.3 is 11.5 Å². The number of carbonyl (C=O) groups excluding carboxylic acids is 1. The normalized spacial score (nSPS) is 12.1. The van der Waals surface area contributed by atoms with Crippen molar-refractivity contribution in [1.82, 2.24) is 4.98 Å². The fourth-order valence-corrected chi connectivity index (χ4v) is 0.922. The smallest absolute Gasteiger partial charge is 0.153 e. The minimum Gasteiger partial charge on any atom is -0.383 e. The minimum atomic E-state index is -0.313. The van der Waals surface area contributed by atoms with Gasteiger partial charge in [-0.05, 0) is 11.6 Å². The van der Waals surface area contributed by atoms with E-state index in [4.69, 9.17) is 11.5 Å². The molecule has 0 saturated heterocycles. The van der Waals surface area contributed by atoms with Crippen LogP contribution >= 0.6 is 0 Å². The zero-order valence-corrected chi connectivity index (χ0v) is 7.10. The second kappa shape index (κ2) is 3.82. The first-order valence-corrected chi connectivity index (χ1v) is 3.77. The SMILES string of the molecule is C=C[C@@H](N)c1cnc(N)c(C=O)c1. The molecule has 0 saturated carbocycles. The van der Waals surface area contributed by atoms with Crippen molar-refractivity contribution in [2.24, 2.45) is 5.73 Å². The standard InChI is InChI=1S/C9H11N3O/c1-2-8(10)6-3-7(5-13)9(11)12-4-6/h2-5,8H,1,10H2,(H2,11,12)/t8-/m1/s1. The van der Waals surface area contributed by atoms with Crippen LogP contribution in [0.1, 0.15) is 22.0 Å². The zero-order chi connectivity index (χ0) is 9.84. The maximum atomic E-state index is 10.5. The van der Waals surface area contributed by atoms with E-state index in [1.165, 1.54) is 6.20 Å². The number of nitrogen functional groups attached to an aromatic ring is 1. The largest absolute Gasteiger partial charge is 0.383 e. The molecular weight excluding hydrogens is 166 g/mol. The van der Waals surface area contributed by atoms with Crippen LogP contribution in [0.15, 0.2) is 24.9 Å². The average Bonchev–Trinajstić information content (AvgIpc) is 2.17. The number of anilines is 1. The number of aromatic nitrogens is 1. The van der Waals surface area contributed by atoms with Crippen molar-refractivity contribution in [2.75, 3.05) is 5.73 Å². The molecular formula is C9H11N3O. The number of hydrogen-bond donors (Lipinski definition) is 2. The Morgan fingerprint density at radius 2 is 2.31 bits per heavy atom. The highest BCUT2D eigenvalue weighted by Crippen LogP contribution is 2.14. The van der Waals surface area contributed by atoms with Crippen LogP contribution in [0.5, 0.6) is 0 Å². The van der Waals surface area contributed by atoms with Gasteiger partial charge in [0.15, 0.2) is 6.29 Å². The lowest BCUT2D eigenvalue weighted by Crippen LogP contribution is -2.08. The average molecular weight is 177 g/mol. The third-order valence-electron chi connectivity index (χ3n) is 1.74. The Balaban J connectivity index is 3.12. The van der Waals surface area contributed by atoms with Crippen LogP contribution in [0, 0.1) is 0 Å². The summed E-state index contributed by atoms with van der Waals surface area (Å²) in [6.07, 6.45) is 3.76. The Kier molecular flexibility index (Phi) is 2.76. The number of nitrogens with two attached hydrogens (primary N) is 2. The van der Waals surface area contributed by atoms with E-state index in [0.717, 1.165) is 5.56 Å². The molecule has 4 nitrogen and oxygen atoms in total. The molecule has 0 aromatic carbocycles. The molecule has 0 aliphatic heterocycles. The molecule has 0 amide bonds. The molecule has 0 radical (unpaired) electrons. The van der Waals surface area contributed by atoms with Crippen LogP contribution in [0.25, 0.3) is 0 Å². The monoisotopic (exact) mass is 177 g/mol. The summed E-state index contributed by atoms with van der Waals surface area (Å²) < 4.78 is 0. The summed E-state index contributed by atoms with van der Waals surface area (Å²) in [5, 5.41) is 0. The molecule has 0 unspecified atom stereocenters. The Bertz CT molecular complexity index is 336. The van der Waals surface area contributed by atoms with Crippen LogP contribution in [0.2, 0.25) is 0 Å². The first-order chi connectivity index (χ1) is 6.19. The number of pyridine rings is 1. The lowest BCUT2D eigenvalue weighted by molar-refractivity contribution is 0.112. The first kappa shape index (κ1) is 9.41. The first-order valence-electron chi connectivity index (χ1n) is 3.77. The van der Waals surface area contributed by atoms with Crippen LogP contribution in [-0.2, 0) is 0 Å². The second-order valence-corrected chi connectivity index (χ2v) is 2.62. The molecule has 0 aliphatic carbocycles. The number of hydrogen-bond acceptors (Lipinski definition) is 4. The predicted molar refractivity (Wildman–Crippen MR) is 51.2 cm³/mol. The summed E-state index contributed by atoms with van der Waals surface area (Å²) >= 11 is 0. The molecule has 0 aliphatic rings. The fourth-order valence-electron chi connectivity index (χ4n) is 0.922. The zero-order valence-electron chi connectivity index (χ0n) is 7.10. The van der Waals surface area contributed by atoms with Gasteiger partial charge in [-0.25, -0.2) is 4.98 Å². The van der Waals surface area contributed by atoms with Crippen molar-refractivity contribution in [3.05, 3.63) is 36.0 Å². The van der Waals surface area contributed by atoms with Gasteiger partial charge in [0.2, 0.25) is 0 Å². The van der Waals surface area contributed by atoms with Gasteiger partial charge in [0.25, 0.3) is 0 Å². The van der Waals surface area contributed by atoms with Crippen molar-refractivity contribution in [3.63, 3.8) is 0 Å². The van der Waals surface area contributed by atoms with Crippen LogP contribution in [0.4, 0.5) is 5.82 Å². The molecule has 13 heavy (non-hydrogen) atoms. The molecule has 68 valence electrons. The molecule has 1 aromatic rings. The maximum absolute atomic E-state index is 10.5. The predicted octanol–water partition coefficient (Wildman–Crippen LogP) is 0.662. The number of rotatable bonds is 3. The van der Waals surface area contributed by atoms with Crippen LogP contribution in [-0.4, -0.2) is 11.3 Å². The topological polar surface area (TPSA) is 82.0 Å². The minimum absolute atomic E-state index is 0.218. The van der Waals surface area contributed by atoms with Gasteiger partial charge in [0, 0.05) is 12.2 Å². The highest BCUT2D eigenvalue weighted by atomic mass is 16.1. The summed E-state index contributed by atoms with van der Waals surface area (Å²) in [7, 11) is 0. The summed E-state index contributed by atoms with van der Waals surface area (Å²) in [6, 6.07) is 1.30. The third-order valence-corrected chi connectivity index (χ3v) is 1.74. The lowest BCUT2D eigenvalue weighted by Gasteiger charge is -2.06. The summed E-state index contributed by atoms with van der Waals surface area (Å²) in [5.74, 6) is 0.218. The van der Waals surface area contributed by atoms with Crippen molar-refractivity contribution >= 4 is 12.1 Å². The molecule has 0 fully saturated rings. The van der Waals surface area contributed by atoms with Gasteiger partial charge in [0.05, 0.1) is 5.56 Å². The van der Waals surface area contributed by atoms with Gasteiger partial charge in [-0.1, -0.05) is 6.08 Å². The maximum Gasteiger partial charge on any atom is 0.153 e. The van der Waals surface area contributed by atoms with E-state index in [1.54, 1.807) is 12.1 Å². The van der Waals surface area contributed by atoms with Crippen LogP contribution in [0.3, 0.4) is 0 Å². The third kappa shape index (κ3) is 1.91. The number of carbonyl (C=O) groups is 1. The molecule has 0 bridgehead atoms. The van der Waals surface area contributed by atoms with Gasteiger partial charge in [0.1, 0.15) is 5.82 Å². The van der Waals surface area contributed by atoms with E-state index in [9.17, 15) is 4.79 Å². The Hall–Kier alpha value is -1.68. The van der Waals surface area contributed by atoms with E-state index >= 15 is 0 Å². The number of aldehydes is 1. The molecule has 1 rings (SSSR count). The van der Waals surface area contributed by atoms with Gasteiger partial charge in [-0.15, -0.1) is 6.58 Å². The molecule has 4 heteroatoms. The Morgan fingerprint density at radius 1 is 1.62 bits per heavy atom. The van der Waals surface area contributed by atoms with Crippen molar-refractivity contribution in [1.29, 1.82) is 0 Å². The molecule has 1 heterocycles. The van der Waals surface area contributed by atoms with Gasteiger partial charge >= 0.3 is 0 Å². The molecule has 1 atom stereocenters. The van der Waals surface area contributed by atoms with E-state index < -0.39 is 0 Å². The van der Waals surface area contributed by atoms with Crippen LogP contribution < -0.4 is 11.5 Å². The summed E-state index contributed by atoms with van der Waals surface area (Å²) in [5.41, 5.74) is 12.2. The Morgan fingerprint density at radius 3 is 2.85 bits per heavy atom. The highest BCUT2D eigenvalue weighted by Gasteiger charge is 2.05. The fraction of sp³-hybridized carbons (Fsp3) is 0.111. The van der Waals surface area contributed by atoms with E-state index in [2.05, 4.69) is 11.6 Å². The number of nitrogens with zero attached hydrogens (tertiary/aromatic N) is 1. The van der Waals surface area contributed by atoms with Crippen molar-refractivity contribution < 1.29 is 4.79 Å².